The number of rotatable bonds is 1. The molecule has 1 unspecified atom stereocenters. The van der Waals surface area contributed by atoms with Crippen LogP contribution in [-0.4, -0.2) is 12.8 Å². The first-order chi connectivity index (χ1) is 4.27. The molecule has 1 aliphatic heterocycles. The van der Waals surface area contributed by atoms with E-state index in [1.54, 1.807) is 0 Å². The number of dihydropyridines is 1. The van der Waals surface area contributed by atoms with Crippen molar-refractivity contribution in [1.82, 2.24) is 0 Å². The molecule has 0 spiro atoms. The van der Waals surface area contributed by atoms with Crippen molar-refractivity contribution < 1.29 is 0 Å². The molecule has 0 amide bonds. The average Bonchev–Trinajstić information content (AvgIpc) is 1.90. The molecular weight excluding hydrogens is 110 g/mol. The molecule has 0 aliphatic carbocycles. The van der Waals surface area contributed by atoms with E-state index >= 15 is 0 Å². The Kier molecular flexibility index (Phi) is 1.70. The second-order valence-corrected chi connectivity index (χ2v) is 2.86. The van der Waals surface area contributed by atoms with Gasteiger partial charge in [-0.1, -0.05) is 19.9 Å². The lowest BCUT2D eigenvalue weighted by molar-refractivity contribution is 0.423. The summed E-state index contributed by atoms with van der Waals surface area (Å²) < 4.78 is 0. The highest BCUT2D eigenvalue weighted by molar-refractivity contribution is 5.72. The van der Waals surface area contributed by atoms with Crippen LogP contribution in [0.25, 0.3) is 0 Å². The van der Waals surface area contributed by atoms with Crippen molar-refractivity contribution in [2.75, 3.05) is 6.54 Å². The van der Waals surface area contributed by atoms with Crippen LogP contribution in [0.15, 0.2) is 17.1 Å². The predicted octanol–water partition coefficient (Wildman–Crippen LogP) is 2.04. The van der Waals surface area contributed by atoms with Crippen molar-refractivity contribution >= 4 is 6.21 Å². The first-order valence-corrected chi connectivity index (χ1v) is 3.44. The molecule has 0 fully saturated rings. The van der Waals surface area contributed by atoms with Crippen LogP contribution in [0.2, 0.25) is 0 Å². The van der Waals surface area contributed by atoms with Gasteiger partial charge in [0.1, 0.15) is 0 Å². The molecule has 0 aromatic carbocycles. The fourth-order valence-electron chi connectivity index (χ4n) is 0.880. The van der Waals surface area contributed by atoms with Crippen LogP contribution in [0.5, 0.6) is 0 Å². The van der Waals surface area contributed by atoms with Gasteiger partial charge in [0, 0.05) is 18.2 Å². The van der Waals surface area contributed by atoms with Gasteiger partial charge in [-0.05, 0) is 12.5 Å². The van der Waals surface area contributed by atoms with Gasteiger partial charge in [0.2, 0.25) is 0 Å². The van der Waals surface area contributed by atoms with E-state index in [2.05, 4.69) is 24.9 Å². The standard InChI is InChI=1S/C8H13N/c1-3-8(2)5-4-6-9-7-8/h4-6H,3,7H2,1-2H3. The molecule has 50 valence electrons. The summed E-state index contributed by atoms with van der Waals surface area (Å²) in [7, 11) is 0. The smallest absolute Gasteiger partial charge is 0.0477 e. The van der Waals surface area contributed by atoms with E-state index in [1.165, 1.54) is 6.42 Å². The van der Waals surface area contributed by atoms with Crippen molar-refractivity contribution in [1.29, 1.82) is 0 Å². The Labute approximate surface area is 56.5 Å². The molecule has 0 aromatic rings. The maximum atomic E-state index is 4.19. The van der Waals surface area contributed by atoms with Crippen LogP contribution in [0.3, 0.4) is 0 Å². The third-order valence-electron chi connectivity index (χ3n) is 1.95. The minimum atomic E-state index is 0.342. The molecule has 1 nitrogen and oxygen atoms in total. The fraction of sp³-hybridized carbons (Fsp3) is 0.625. The summed E-state index contributed by atoms with van der Waals surface area (Å²) in [6.07, 6.45) is 7.32. The zero-order chi connectivity index (χ0) is 6.74. The Morgan fingerprint density at radius 2 is 2.44 bits per heavy atom. The van der Waals surface area contributed by atoms with Crippen LogP contribution >= 0.6 is 0 Å². The first kappa shape index (κ1) is 6.53. The zero-order valence-electron chi connectivity index (χ0n) is 6.09. The lowest BCUT2D eigenvalue weighted by Gasteiger charge is -2.23. The summed E-state index contributed by atoms with van der Waals surface area (Å²) in [5, 5.41) is 0. The van der Waals surface area contributed by atoms with Crippen LogP contribution in [0, 0.1) is 5.41 Å². The van der Waals surface area contributed by atoms with Gasteiger partial charge >= 0.3 is 0 Å². The fourth-order valence-corrected chi connectivity index (χ4v) is 0.880. The maximum Gasteiger partial charge on any atom is 0.0477 e. The zero-order valence-corrected chi connectivity index (χ0v) is 6.09. The van der Waals surface area contributed by atoms with Gasteiger partial charge in [0.05, 0.1) is 0 Å². The largest absolute Gasteiger partial charge is 0.292 e. The predicted molar refractivity (Wildman–Crippen MR) is 40.9 cm³/mol. The van der Waals surface area contributed by atoms with E-state index in [4.69, 9.17) is 0 Å². The van der Waals surface area contributed by atoms with Crippen LogP contribution in [0.1, 0.15) is 20.3 Å². The summed E-state index contributed by atoms with van der Waals surface area (Å²) in [5.41, 5.74) is 0.342. The minimum absolute atomic E-state index is 0.342. The second-order valence-electron chi connectivity index (χ2n) is 2.86. The third kappa shape index (κ3) is 1.41. The SMILES string of the molecule is CCC1(C)C=CC=NC1. The van der Waals surface area contributed by atoms with E-state index < -0.39 is 0 Å². The molecule has 1 heterocycles. The van der Waals surface area contributed by atoms with Crippen molar-refractivity contribution in [3.8, 4) is 0 Å². The molecule has 1 heteroatoms. The van der Waals surface area contributed by atoms with Gasteiger partial charge in [-0.3, -0.25) is 4.99 Å². The van der Waals surface area contributed by atoms with Crippen molar-refractivity contribution in [3.05, 3.63) is 12.2 Å². The maximum absolute atomic E-state index is 4.19. The van der Waals surface area contributed by atoms with E-state index in [1.807, 2.05) is 12.3 Å². The Bertz CT molecular complexity index is 147. The molecule has 1 aliphatic rings. The van der Waals surface area contributed by atoms with E-state index in [0.717, 1.165) is 6.54 Å². The highest BCUT2D eigenvalue weighted by Crippen LogP contribution is 2.24. The summed E-state index contributed by atoms with van der Waals surface area (Å²) >= 11 is 0. The Morgan fingerprint density at radius 1 is 1.67 bits per heavy atom. The number of hydrogen-bond donors (Lipinski definition) is 0. The van der Waals surface area contributed by atoms with Gasteiger partial charge in [0.15, 0.2) is 0 Å². The van der Waals surface area contributed by atoms with Crippen LogP contribution in [0.4, 0.5) is 0 Å². The number of allylic oxidation sites excluding steroid dienone is 1. The first-order valence-electron chi connectivity index (χ1n) is 3.44. The summed E-state index contributed by atoms with van der Waals surface area (Å²) in [6, 6.07) is 0. The van der Waals surface area contributed by atoms with Crippen LogP contribution < -0.4 is 0 Å². The third-order valence-corrected chi connectivity index (χ3v) is 1.95. The van der Waals surface area contributed by atoms with Crippen molar-refractivity contribution in [2.45, 2.75) is 20.3 Å². The lowest BCUT2D eigenvalue weighted by atomic mass is 9.86. The highest BCUT2D eigenvalue weighted by atomic mass is 14.7. The van der Waals surface area contributed by atoms with Crippen molar-refractivity contribution in [3.63, 3.8) is 0 Å². The Morgan fingerprint density at radius 3 is 2.78 bits per heavy atom. The molecule has 0 saturated heterocycles. The van der Waals surface area contributed by atoms with Gasteiger partial charge < -0.3 is 0 Å². The summed E-state index contributed by atoms with van der Waals surface area (Å²) in [4.78, 5) is 4.19. The Balaban J connectivity index is 2.63. The molecule has 0 N–H and O–H groups in total. The molecule has 9 heavy (non-hydrogen) atoms. The lowest BCUT2D eigenvalue weighted by Crippen LogP contribution is -2.17. The number of nitrogens with zero attached hydrogens (tertiary/aromatic N) is 1. The number of hydrogen-bond acceptors (Lipinski definition) is 1. The number of aliphatic imine (C=N–C) groups is 1. The molecule has 1 atom stereocenters. The van der Waals surface area contributed by atoms with E-state index in [0.29, 0.717) is 5.41 Å². The van der Waals surface area contributed by atoms with Gasteiger partial charge in [-0.2, -0.15) is 0 Å². The van der Waals surface area contributed by atoms with Gasteiger partial charge in [-0.25, -0.2) is 0 Å². The molecule has 1 rings (SSSR count). The summed E-state index contributed by atoms with van der Waals surface area (Å²) in [6.45, 7) is 5.39. The second kappa shape index (κ2) is 2.34. The Hall–Kier alpha value is -0.590. The highest BCUT2D eigenvalue weighted by Gasteiger charge is 2.18. The topological polar surface area (TPSA) is 12.4 Å². The van der Waals surface area contributed by atoms with Crippen LogP contribution in [-0.2, 0) is 0 Å². The van der Waals surface area contributed by atoms with E-state index in [9.17, 15) is 0 Å². The van der Waals surface area contributed by atoms with Crippen molar-refractivity contribution in [2.24, 2.45) is 10.4 Å². The normalized spacial score (nSPS) is 33.1. The van der Waals surface area contributed by atoms with E-state index in [-0.39, 0.29) is 0 Å². The summed E-state index contributed by atoms with van der Waals surface area (Å²) in [5.74, 6) is 0. The molecular formula is C8H13N. The van der Waals surface area contributed by atoms with Gasteiger partial charge in [0.25, 0.3) is 0 Å². The quantitative estimate of drug-likeness (QED) is 0.506. The molecule has 0 bridgehead atoms. The molecule has 0 aromatic heterocycles. The average molecular weight is 123 g/mol. The molecule has 0 radical (unpaired) electrons. The monoisotopic (exact) mass is 123 g/mol. The van der Waals surface area contributed by atoms with Gasteiger partial charge in [-0.15, -0.1) is 0 Å². The minimum Gasteiger partial charge on any atom is -0.292 e. The molecule has 0 saturated carbocycles.